The number of ketones is 1. The van der Waals surface area contributed by atoms with E-state index in [0.29, 0.717) is 16.5 Å². The molecule has 12 heavy (non-hydrogen) atoms. The zero-order valence-corrected chi connectivity index (χ0v) is 7.55. The summed E-state index contributed by atoms with van der Waals surface area (Å²) in [6.45, 7) is 1.45. The van der Waals surface area contributed by atoms with Crippen LogP contribution in [0.15, 0.2) is 12.3 Å². The summed E-state index contributed by atoms with van der Waals surface area (Å²) >= 11 is 5.60. The van der Waals surface area contributed by atoms with Crippen molar-refractivity contribution in [2.45, 2.75) is 6.92 Å². The molecule has 0 aliphatic rings. The smallest absolute Gasteiger partial charge is 0.165 e. The molecule has 0 bridgehead atoms. The van der Waals surface area contributed by atoms with Crippen LogP contribution in [0.1, 0.15) is 17.3 Å². The molecule has 0 unspecified atom stereocenters. The Morgan fingerprint density at radius 3 is 2.83 bits per heavy atom. The first-order valence-corrected chi connectivity index (χ1v) is 3.73. The lowest BCUT2D eigenvalue weighted by molar-refractivity contribution is 0.101. The van der Waals surface area contributed by atoms with Crippen molar-refractivity contribution in [2.75, 3.05) is 7.11 Å². The average molecular weight is 186 g/mol. The van der Waals surface area contributed by atoms with E-state index in [1.165, 1.54) is 26.3 Å². The van der Waals surface area contributed by atoms with E-state index in [-0.39, 0.29) is 5.78 Å². The van der Waals surface area contributed by atoms with Gasteiger partial charge in [0.25, 0.3) is 0 Å². The van der Waals surface area contributed by atoms with Crippen LogP contribution in [0.5, 0.6) is 5.75 Å². The molecule has 0 saturated heterocycles. The third-order valence-corrected chi connectivity index (χ3v) is 1.64. The van der Waals surface area contributed by atoms with Crippen molar-refractivity contribution in [3.8, 4) is 5.75 Å². The van der Waals surface area contributed by atoms with Gasteiger partial charge in [0.15, 0.2) is 5.78 Å². The van der Waals surface area contributed by atoms with Crippen LogP contribution in [0.2, 0.25) is 5.15 Å². The Morgan fingerprint density at radius 2 is 2.33 bits per heavy atom. The van der Waals surface area contributed by atoms with Crippen LogP contribution in [0.4, 0.5) is 0 Å². The van der Waals surface area contributed by atoms with Gasteiger partial charge in [-0.3, -0.25) is 4.79 Å². The molecule has 0 atom stereocenters. The maximum absolute atomic E-state index is 11.0. The second kappa shape index (κ2) is 3.54. The second-order valence-electron chi connectivity index (χ2n) is 2.26. The lowest BCUT2D eigenvalue weighted by Gasteiger charge is -2.03. The minimum absolute atomic E-state index is 0.0870. The Hall–Kier alpha value is -1.09. The van der Waals surface area contributed by atoms with Crippen molar-refractivity contribution in [2.24, 2.45) is 0 Å². The molecule has 0 N–H and O–H groups in total. The third-order valence-electron chi connectivity index (χ3n) is 1.43. The van der Waals surface area contributed by atoms with Gasteiger partial charge in [-0.2, -0.15) is 0 Å². The maximum Gasteiger partial charge on any atom is 0.165 e. The van der Waals surface area contributed by atoms with Crippen LogP contribution in [-0.2, 0) is 0 Å². The summed E-state index contributed by atoms with van der Waals surface area (Å²) in [5.74, 6) is 0.374. The highest BCUT2D eigenvalue weighted by atomic mass is 35.5. The third kappa shape index (κ3) is 1.74. The van der Waals surface area contributed by atoms with Crippen molar-refractivity contribution in [1.29, 1.82) is 0 Å². The van der Waals surface area contributed by atoms with Gasteiger partial charge in [-0.05, 0) is 6.92 Å². The number of Topliss-reactive ketones (excluding diaryl/α,β-unsaturated/α-hetero) is 1. The Labute approximate surface area is 75.3 Å². The number of carbonyl (C=O) groups excluding carboxylic acids is 1. The average Bonchev–Trinajstić information content (AvgIpc) is 2.03. The van der Waals surface area contributed by atoms with Crippen LogP contribution >= 0.6 is 11.6 Å². The van der Waals surface area contributed by atoms with Crippen LogP contribution in [-0.4, -0.2) is 17.9 Å². The largest absolute Gasteiger partial charge is 0.496 e. The number of ether oxygens (including phenoxy) is 1. The van der Waals surface area contributed by atoms with Crippen LogP contribution in [0, 0.1) is 0 Å². The Morgan fingerprint density at radius 1 is 1.67 bits per heavy atom. The molecule has 1 rings (SSSR count). The molecule has 0 radical (unpaired) electrons. The van der Waals surface area contributed by atoms with Gasteiger partial charge in [-0.1, -0.05) is 11.6 Å². The fourth-order valence-electron chi connectivity index (χ4n) is 0.846. The molecule has 0 fully saturated rings. The molecular weight excluding hydrogens is 178 g/mol. The van der Waals surface area contributed by atoms with E-state index in [1.54, 1.807) is 0 Å². The molecule has 0 aliphatic carbocycles. The van der Waals surface area contributed by atoms with Gasteiger partial charge < -0.3 is 4.74 Å². The number of rotatable bonds is 2. The minimum Gasteiger partial charge on any atom is -0.496 e. The van der Waals surface area contributed by atoms with E-state index in [1.807, 2.05) is 0 Å². The maximum atomic E-state index is 11.0. The summed E-state index contributed by atoms with van der Waals surface area (Å²) in [6, 6.07) is 1.51. The lowest BCUT2D eigenvalue weighted by atomic mass is 10.2. The summed E-state index contributed by atoms with van der Waals surface area (Å²) in [5, 5.41) is 0.317. The first-order valence-electron chi connectivity index (χ1n) is 3.35. The summed E-state index contributed by atoms with van der Waals surface area (Å²) in [5.41, 5.74) is 0.446. The fourth-order valence-corrected chi connectivity index (χ4v) is 0.994. The molecule has 0 spiro atoms. The van der Waals surface area contributed by atoms with Gasteiger partial charge in [0, 0.05) is 12.3 Å². The monoisotopic (exact) mass is 185 g/mol. The standard InChI is InChI=1S/C8H8ClNO2/c1-5(11)6-4-10-8(9)3-7(6)12-2/h3-4H,1-2H3. The first-order chi connectivity index (χ1) is 5.65. The topological polar surface area (TPSA) is 39.2 Å². The molecule has 0 saturated carbocycles. The normalized spacial score (nSPS) is 9.58. The van der Waals surface area contributed by atoms with Gasteiger partial charge in [-0.25, -0.2) is 4.98 Å². The summed E-state index contributed by atoms with van der Waals surface area (Å²) in [4.78, 5) is 14.7. The minimum atomic E-state index is -0.0870. The zero-order valence-electron chi connectivity index (χ0n) is 6.80. The molecule has 0 amide bonds. The molecular formula is C8H8ClNO2. The number of halogens is 1. The van der Waals surface area contributed by atoms with Crippen molar-refractivity contribution in [3.05, 3.63) is 23.0 Å². The second-order valence-corrected chi connectivity index (χ2v) is 2.65. The number of hydrogen-bond acceptors (Lipinski definition) is 3. The highest BCUT2D eigenvalue weighted by molar-refractivity contribution is 6.29. The fraction of sp³-hybridized carbons (Fsp3) is 0.250. The van der Waals surface area contributed by atoms with Crippen LogP contribution < -0.4 is 4.74 Å². The van der Waals surface area contributed by atoms with E-state index < -0.39 is 0 Å². The predicted octanol–water partition coefficient (Wildman–Crippen LogP) is 1.95. The number of aromatic nitrogens is 1. The van der Waals surface area contributed by atoms with Gasteiger partial charge in [0.2, 0.25) is 0 Å². The number of methoxy groups -OCH3 is 1. The summed E-state index contributed by atoms with van der Waals surface area (Å²) in [7, 11) is 1.48. The van der Waals surface area contributed by atoms with E-state index in [2.05, 4.69) is 4.98 Å². The SMILES string of the molecule is COc1cc(Cl)ncc1C(C)=O. The molecule has 64 valence electrons. The molecule has 1 aromatic heterocycles. The zero-order chi connectivity index (χ0) is 9.14. The molecule has 1 heterocycles. The quantitative estimate of drug-likeness (QED) is 0.522. The van der Waals surface area contributed by atoms with Crippen molar-refractivity contribution >= 4 is 17.4 Å². The lowest BCUT2D eigenvalue weighted by Crippen LogP contribution is -1.98. The molecule has 0 aliphatic heterocycles. The van der Waals surface area contributed by atoms with Crippen LogP contribution in [0.25, 0.3) is 0 Å². The molecule has 3 nitrogen and oxygen atoms in total. The molecule has 0 aromatic carbocycles. The number of nitrogens with zero attached hydrogens (tertiary/aromatic N) is 1. The van der Waals surface area contributed by atoms with E-state index >= 15 is 0 Å². The van der Waals surface area contributed by atoms with E-state index in [4.69, 9.17) is 16.3 Å². The Balaban J connectivity index is 3.20. The predicted molar refractivity (Wildman–Crippen MR) is 45.8 cm³/mol. The molecule has 1 aromatic rings. The number of carbonyl (C=O) groups is 1. The van der Waals surface area contributed by atoms with Crippen molar-refractivity contribution < 1.29 is 9.53 Å². The molecule has 4 heteroatoms. The van der Waals surface area contributed by atoms with E-state index in [9.17, 15) is 4.79 Å². The highest BCUT2D eigenvalue weighted by Gasteiger charge is 2.08. The highest BCUT2D eigenvalue weighted by Crippen LogP contribution is 2.20. The Bertz CT molecular complexity index is 312. The van der Waals surface area contributed by atoms with Gasteiger partial charge >= 0.3 is 0 Å². The van der Waals surface area contributed by atoms with Gasteiger partial charge in [-0.15, -0.1) is 0 Å². The van der Waals surface area contributed by atoms with E-state index in [0.717, 1.165) is 0 Å². The van der Waals surface area contributed by atoms with Gasteiger partial charge in [0.1, 0.15) is 10.9 Å². The summed E-state index contributed by atoms with van der Waals surface area (Å²) < 4.78 is 4.94. The first kappa shape index (κ1) is 9.00. The Kier molecular flexibility index (Phi) is 2.65. The van der Waals surface area contributed by atoms with Crippen LogP contribution in [0.3, 0.4) is 0 Å². The van der Waals surface area contributed by atoms with Crippen molar-refractivity contribution in [1.82, 2.24) is 4.98 Å². The number of hydrogen-bond donors (Lipinski definition) is 0. The van der Waals surface area contributed by atoms with Gasteiger partial charge in [0.05, 0.1) is 12.7 Å². The summed E-state index contributed by atoms with van der Waals surface area (Å²) in [6.07, 6.45) is 1.41. The number of pyridine rings is 1. The van der Waals surface area contributed by atoms with Crippen molar-refractivity contribution in [3.63, 3.8) is 0 Å².